The van der Waals surface area contributed by atoms with Gasteiger partial charge in [-0.15, -0.1) is 10.2 Å². The number of amides is 1. The van der Waals surface area contributed by atoms with Crippen LogP contribution in [0.3, 0.4) is 0 Å². The van der Waals surface area contributed by atoms with Gasteiger partial charge in [-0.2, -0.15) is 13.2 Å². The topological polar surface area (TPSA) is 54.3 Å². The van der Waals surface area contributed by atoms with E-state index in [1.807, 2.05) is 7.05 Å². The first kappa shape index (κ1) is 25.9. The van der Waals surface area contributed by atoms with Gasteiger partial charge in [-0.3, -0.25) is 4.79 Å². The summed E-state index contributed by atoms with van der Waals surface area (Å²) in [6.07, 6.45) is -3.17. The Kier molecular flexibility index (Phi) is 5.87. The number of likely N-dealkylation sites (tertiary alicyclic amines) is 1. The number of hydrogen-bond donors (Lipinski definition) is 0. The number of anilines is 1. The number of benzene rings is 2. The molecule has 2 fully saturated rings. The van der Waals surface area contributed by atoms with Crippen LogP contribution in [0.2, 0.25) is 0 Å². The van der Waals surface area contributed by atoms with Crippen molar-refractivity contribution in [1.82, 2.24) is 19.7 Å². The lowest BCUT2D eigenvalue weighted by atomic mass is 9.60. The van der Waals surface area contributed by atoms with Crippen molar-refractivity contribution in [3.05, 3.63) is 76.4 Å². The molecule has 0 N–H and O–H groups in total. The van der Waals surface area contributed by atoms with Crippen LogP contribution in [0.1, 0.15) is 51.3 Å². The van der Waals surface area contributed by atoms with E-state index in [1.165, 1.54) is 17.3 Å². The van der Waals surface area contributed by atoms with Crippen molar-refractivity contribution in [3.63, 3.8) is 0 Å². The molecular formula is C28H28F5N5O. The van der Waals surface area contributed by atoms with Crippen molar-refractivity contribution in [1.29, 1.82) is 0 Å². The Hall–Kier alpha value is -3.34. The number of carbonyl (C=O) groups excluding carboxylic acids is 1. The summed E-state index contributed by atoms with van der Waals surface area (Å²) < 4.78 is 72.4. The molecule has 11 heteroatoms. The maximum atomic E-state index is 14.2. The summed E-state index contributed by atoms with van der Waals surface area (Å²) in [4.78, 5) is 16.9. The second kappa shape index (κ2) is 8.84. The number of aromatic nitrogens is 3. The minimum atomic E-state index is -4.60. The van der Waals surface area contributed by atoms with Gasteiger partial charge in [0, 0.05) is 56.1 Å². The van der Waals surface area contributed by atoms with E-state index in [9.17, 15) is 26.7 Å². The fourth-order valence-corrected chi connectivity index (χ4v) is 6.48. The van der Waals surface area contributed by atoms with Crippen LogP contribution in [0.5, 0.6) is 0 Å². The first-order valence-electron chi connectivity index (χ1n) is 12.9. The van der Waals surface area contributed by atoms with Gasteiger partial charge in [-0.25, -0.2) is 8.78 Å². The Bertz CT molecular complexity index is 1430. The lowest BCUT2D eigenvalue weighted by Crippen LogP contribution is -2.51. The molecular weight excluding hydrogens is 517 g/mol. The number of carbonyl (C=O) groups is 1. The summed E-state index contributed by atoms with van der Waals surface area (Å²) in [6.45, 7) is 1.38. The van der Waals surface area contributed by atoms with E-state index >= 15 is 0 Å². The molecule has 3 aromatic rings. The molecule has 39 heavy (non-hydrogen) atoms. The van der Waals surface area contributed by atoms with Gasteiger partial charge in [0.25, 0.3) is 5.91 Å². The Labute approximate surface area is 222 Å². The molecule has 1 aromatic heterocycles. The molecule has 0 unspecified atom stereocenters. The summed E-state index contributed by atoms with van der Waals surface area (Å²) in [5.74, 6) is -2.53. The van der Waals surface area contributed by atoms with Crippen molar-refractivity contribution >= 4 is 11.6 Å². The Morgan fingerprint density at radius 3 is 2.44 bits per heavy atom. The summed E-state index contributed by atoms with van der Waals surface area (Å²) in [7, 11) is 3.70. The SMILES string of the molecule is CN1CC(Cc2cc3c(c(C(F)(F)F)c2)CN(c2cccc(C4(Cc5nncn5C)CC(F)(F)C4)c2)C3=O)C1. The number of hydrogen-bond acceptors (Lipinski definition) is 4. The van der Waals surface area contributed by atoms with Crippen molar-refractivity contribution in [2.75, 3.05) is 25.0 Å². The molecule has 0 atom stereocenters. The average molecular weight is 546 g/mol. The van der Waals surface area contributed by atoms with E-state index < -0.39 is 29.0 Å². The number of halogens is 5. The molecule has 2 aromatic carbocycles. The van der Waals surface area contributed by atoms with Crippen LogP contribution in [0, 0.1) is 5.92 Å². The van der Waals surface area contributed by atoms with E-state index in [2.05, 4.69) is 15.1 Å². The third-order valence-electron chi connectivity index (χ3n) is 8.34. The smallest absolute Gasteiger partial charge is 0.321 e. The molecule has 6 nitrogen and oxygen atoms in total. The summed E-state index contributed by atoms with van der Waals surface area (Å²) in [5, 5.41) is 7.92. The molecule has 1 aliphatic carbocycles. The predicted octanol–water partition coefficient (Wildman–Crippen LogP) is 5.01. The number of aryl methyl sites for hydroxylation is 1. The monoisotopic (exact) mass is 545 g/mol. The average Bonchev–Trinajstić information content (AvgIpc) is 3.38. The van der Waals surface area contributed by atoms with Crippen LogP contribution < -0.4 is 4.90 Å². The molecule has 3 aliphatic rings. The highest BCUT2D eigenvalue weighted by molar-refractivity contribution is 6.10. The molecule has 206 valence electrons. The number of nitrogens with zero attached hydrogens (tertiary/aromatic N) is 5. The van der Waals surface area contributed by atoms with Crippen LogP contribution in [-0.4, -0.2) is 51.6 Å². The number of alkyl halides is 5. The van der Waals surface area contributed by atoms with Gasteiger partial charge >= 0.3 is 6.18 Å². The van der Waals surface area contributed by atoms with Crippen LogP contribution in [-0.2, 0) is 38.0 Å². The van der Waals surface area contributed by atoms with Gasteiger partial charge in [0.15, 0.2) is 0 Å². The Morgan fingerprint density at radius 1 is 1.08 bits per heavy atom. The van der Waals surface area contributed by atoms with Gasteiger partial charge < -0.3 is 14.4 Å². The fourth-order valence-electron chi connectivity index (χ4n) is 6.48. The third-order valence-corrected chi connectivity index (χ3v) is 8.34. The van der Waals surface area contributed by atoms with Gasteiger partial charge in [-0.05, 0) is 60.3 Å². The summed E-state index contributed by atoms with van der Waals surface area (Å²) in [6, 6.07) is 9.47. The molecule has 0 spiro atoms. The second-order valence-corrected chi connectivity index (χ2v) is 11.4. The van der Waals surface area contributed by atoms with E-state index in [1.54, 1.807) is 41.9 Å². The second-order valence-electron chi connectivity index (χ2n) is 11.4. The molecule has 1 saturated carbocycles. The summed E-state index contributed by atoms with van der Waals surface area (Å²) >= 11 is 0. The van der Waals surface area contributed by atoms with Crippen molar-refractivity contribution in [2.24, 2.45) is 13.0 Å². The standard InChI is InChI=1S/C28H28F5N5O/c1-36-11-18(12-36)6-17-7-21-22(23(8-17)28(31,32)33)13-38(25(21)39)20-5-3-4-19(9-20)26(14-27(29,30)15-26)10-24-35-34-16-37(24)2/h3-5,7-9,16,18H,6,10-15H2,1-2H3. The quantitative estimate of drug-likeness (QED) is 0.409. The van der Waals surface area contributed by atoms with Crippen LogP contribution in [0.15, 0.2) is 42.7 Å². The highest BCUT2D eigenvalue weighted by Gasteiger charge is 2.57. The lowest BCUT2D eigenvalue weighted by molar-refractivity contribution is -0.138. The molecule has 1 saturated heterocycles. The zero-order valence-corrected chi connectivity index (χ0v) is 21.6. The van der Waals surface area contributed by atoms with Crippen molar-refractivity contribution in [2.45, 2.75) is 49.7 Å². The van der Waals surface area contributed by atoms with Gasteiger partial charge in [0.05, 0.1) is 12.1 Å². The maximum Gasteiger partial charge on any atom is 0.416 e. The first-order valence-corrected chi connectivity index (χ1v) is 12.9. The first-order chi connectivity index (χ1) is 18.3. The maximum absolute atomic E-state index is 14.2. The van der Waals surface area contributed by atoms with E-state index in [0.717, 1.165) is 13.1 Å². The minimum Gasteiger partial charge on any atom is -0.321 e. The molecule has 0 bridgehead atoms. The fraction of sp³-hybridized carbons (Fsp3) is 0.464. The lowest BCUT2D eigenvalue weighted by Gasteiger charge is -2.48. The normalized spacial score (nSPS) is 20.6. The summed E-state index contributed by atoms with van der Waals surface area (Å²) in [5.41, 5.74) is -0.205. The number of rotatable bonds is 6. The third kappa shape index (κ3) is 4.60. The van der Waals surface area contributed by atoms with E-state index in [4.69, 9.17) is 0 Å². The van der Waals surface area contributed by atoms with Gasteiger partial charge in [-0.1, -0.05) is 12.1 Å². The highest BCUT2D eigenvalue weighted by Crippen LogP contribution is 2.55. The molecule has 3 heterocycles. The molecule has 0 radical (unpaired) electrons. The Balaban J connectivity index is 1.33. The minimum absolute atomic E-state index is 0.0450. The highest BCUT2D eigenvalue weighted by atomic mass is 19.4. The predicted molar refractivity (Wildman–Crippen MR) is 134 cm³/mol. The Morgan fingerprint density at radius 2 is 1.82 bits per heavy atom. The van der Waals surface area contributed by atoms with E-state index in [0.29, 0.717) is 29.1 Å². The molecule has 1 amide bonds. The molecule has 6 rings (SSSR count). The van der Waals surface area contributed by atoms with E-state index in [-0.39, 0.29) is 42.9 Å². The van der Waals surface area contributed by atoms with Gasteiger partial charge in [0.1, 0.15) is 12.2 Å². The largest absolute Gasteiger partial charge is 0.416 e. The van der Waals surface area contributed by atoms with Crippen molar-refractivity contribution < 1.29 is 26.7 Å². The zero-order valence-electron chi connectivity index (χ0n) is 21.6. The van der Waals surface area contributed by atoms with Crippen molar-refractivity contribution in [3.8, 4) is 0 Å². The zero-order chi connectivity index (χ0) is 27.7. The molecule has 2 aliphatic heterocycles. The van der Waals surface area contributed by atoms with Crippen LogP contribution >= 0.6 is 0 Å². The van der Waals surface area contributed by atoms with Crippen LogP contribution in [0.25, 0.3) is 0 Å². The van der Waals surface area contributed by atoms with Gasteiger partial charge in [0.2, 0.25) is 5.92 Å². The van der Waals surface area contributed by atoms with Crippen LogP contribution in [0.4, 0.5) is 27.6 Å². The number of fused-ring (bicyclic) bond motifs is 1.